The largest absolute Gasteiger partial charge is 0.368 e. The first kappa shape index (κ1) is 19.6. The first-order valence-electron chi connectivity index (χ1n) is 8.82. The number of aromatic nitrogens is 4. The molecule has 2 aromatic heterocycles. The van der Waals surface area contributed by atoms with Gasteiger partial charge >= 0.3 is 0 Å². The number of halogens is 1. The molecule has 7 nitrogen and oxygen atoms in total. The molecule has 0 aliphatic rings. The average molecular weight is 411 g/mol. The van der Waals surface area contributed by atoms with Gasteiger partial charge in [-0.2, -0.15) is 9.97 Å². The number of anilines is 2. The molecule has 0 aromatic carbocycles. The molecule has 138 valence electrons. The number of amides is 1. The SMILES string of the molecule is CCCCn1c(Br)nc2c(NCC(C)C)nc(NC(=O)C(C)C)nc21. The fraction of sp³-hybridized carbons (Fsp3) is 0.647. The van der Waals surface area contributed by atoms with E-state index in [1.807, 2.05) is 18.4 Å². The van der Waals surface area contributed by atoms with Gasteiger partial charge in [0.05, 0.1) is 0 Å². The van der Waals surface area contributed by atoms with Gasteiger partial charge in [0.25, 0.3) is 0 Å². The topological polar surface area (TPSA) is 84.7 Å². The van der Waals surface area contributed by atoms with Gasteiger partial charge in [0.1, 0.15) is 0 Å². The van der Waals surface area contributed by atoms with E-state index in [4.69, 9.17) is 0 Å². The zero-order chi connectivity index (χ0) is 18.6. The highest BCUT2D eigenvalue weighted by atomic mass is 79.9. The Bertz CT molecular complexity index is 740. The van der Waals surface area contributed by atoms with Crippen molar-refractivity contribution in [1.82, 2.24) is 19.5 Å². The van der Waals surface area contributed by atoms with Crippen LogP contribution in [0.5, 0.6) is 0 Å². The third-order valence-corrected chi connectivity index (χ3v) is 4.33. The molecule has 0 saturated carbocycles. The predicted molar refractivity (Wildman–Crippen MR) is 105 cm³/mol. The van der Waals surface area contributed by atoms with Crippen LogP contribution in [0.3, 0.4) is 0 Å². The fourth-order valence-electron chi connectivity index (χ4n) is 2.22. The molecular formula is C17H27BrN6O. The summed E-state index contributed by atoms with van der Waals surface area (Å²) >= 11 is 3.52. The number of imidazole rings is 1. The Balaban J connectivity index is 2.48. The summed E-state index contributed by atoms with van der Waals surface area (Å²) in [6.45, 7) is 11.7. The van der Waals surface area contributed by atoms with Gasteiger partial charge in [0.15, 0.2) is 21.7 Å². The normalized spacial score (nSPS) is 11.5. The van der Waals surface area contributed by atoms with Crippen molar-refractivity contribution in [2.24, 2.45) is 11.8 Å². The highest BCUT2D eigenvalue weighted by Gasteiger charge is 2.18. The molecule has 25 heavy (non-hydrogen) atoms. The van der Waals surface area contributed by atoms with Crippen LogP contribution in [-0.4, -0.2) is 32.0 Å². The second-order valence-corrected chi connectivity index (χ2v) is 7.58. The maximum absolute atomic E-state index is 12.0. The number of nitrogens with one attached hydrogen (secondary N) is 2. The van der Waals surface area contributed by atoms with Crippen molar-refractivity contribution in [1.29, 1.82) is 0 Å². The molecular weight excluding hydrogens is 384 g/mol. The summed E-state index contributed by atoms with van der Waals surface area (Å²) in [6, 6.07) is 0. The van der Waals surface area contributed by atoms with E-state index < -0.39 is 0 Å². The average Bonchev–Trinajstić information content (AvgIpc) is 2.86. The third kappa shape index (κ3) is 4.90. The fourth-order valence-corrected chi connectivity index (χ4v) is 2.75. The molecule has 1 amide bonds. The molecule has 2 aromatic rings. The monoisotopic (exact) mass is 410 g/mol. The summed E-state index contributed by atoms with van der Waals surface area (Å²) in [4.78, 5) is 25.6. The van der Waals surface area contributed by atoms with E-state index in [2.05, 4.69) is 62.3 Å². The van der Waals surface area contributed by atoms with Crippen LogP contribution in [0, 0.1) is 11.8 Å². The molecule has 0 aliphatic heterocycles. The summed E-state index contributed by atoms with van der Waals surface area (Å²) in [7, 11) is 0. The molecule has 0 atom stereocenters. The van der Waals surface area contributed by atoms with E-state index in [1.165, 1.54) is 0 Å². The van der Waals surface area contributed by atoms with Gasteiger partial charge in [-0.1, -0.05) is 41.0 Å². The predicted octanol–water partition coefficient (Wildman–Crippen LogP) is 4.05. The van der Waals surface area contributed by atoms with Crippen LogP contribution in [0.25, 0.3) is 11.2 Å². The van der Waals surface area contributed by atoms with Crippen LogP contribution >= 0.6 is 15.9 Å². The van der Waals surface area contributed by atoms with Crippen LogP contribution in [-0.2, 0) is 11.3 Å². The third-order valence-electron chi connectivity index (χ3n) is 3.72. The maximum Gasteiger partial charge on any atom is 0.233 e. The molecule has 2 heterocycles. The van der Waals surface area contributed by atoms with Crippen molar-refractivity contribution in [3.63, 3.8) is 0 Å². The molecule has 2 rings (SSSR count). The lowest BCUT2D eigenvalue weighted by molar-refractivity contribution is -0.118. The van der Waals surface area contributed by atoms with Gasteiger partial charge in [-0.3, -0.25) is 10.1 Å². The molecule has 0 spiro atoms. The zero-order valence-electron chi connectivity index (χ0n) is 15.6. The lowest BCUT2D eigenvalue weighted by atomic mass is 10.2. The van der Waals surface area contributed by atoms with E-state index in [0.29, 0.717) is 23.2 Å². The lowest BCUT2D eigenvalue weighted by Crippen LogP contribution is -2.20. The van der Waals surface area contributed by atoms with E-state index >= 15 is 0 Å². The van der Waals surface area contributed by atoms with Gasteiger partial charge in [0.2, 0.25) is 11.9 Å². The minimum absolute atomic E-state index is 0.104. The molecule has 0 saturated heterocycles. The Labute approximate surface area is 157 Å². The van der Waals surface area contributed by atoms with Crippen molar-refractivity contribution in [3.05, 3.63) is 4.73 Å². The molecule has 0 bridgehead atoms. The maximum atomic E-state index is 12.0. The van der Waals surface area contributed by atoms with Crippen molar-refractivity contribution >= 4 is 44.8 Å². The van der Waals surface area contributed by atoms with Gasteiger partial charge in [-0.15, -0.1) is 0 Å². The Morgan fingerprint density at radius 2 is 1.92 bits per heavy atom. The van der Waals surface area contributed by atoms with Gasteiger partial charge < -0.3 is 9.88 Å². The van der Waals surface area contributed by atoms with Gasteiger partial charge in [-0.05, 0) is 28.3 Å². The summed E-state index contributed by atoms with van der Waals surface area (Å²) < 4.78 is 2.75. The van der Waals surface area contributed by atoms with E-state index in [0.717, 1.165) is 36.3 Å². The van der Waals surface area contributed by atoms with E-state index in [-0.39, 0.29) is 11.8 Å². The van der Waals surface area contributed by atoms with Gasteiger partial charge in [-0.25, -0.2) is 4.98 Å². The smallest absolute Gasteiger partial charge is 0.233 e. The van der Waals surface area contributed by atoms with Crippen molar-refractivity contribution in [2.75, 3.05) is 17.2 Å². The van der Waals surface area contributed by atoms with Crippen molar-refractivity contribution in [2.45, 2.75) is 54.0 Å². The van der Waals surface area contributed by atoms with Crippen LogP contribution in [0.15, 0.2) is 4.73 Å². The first-order chi connectivity index (χ1) is 11.8. The number of nitrogens with zero attached hydrogens (tertiary/aromatic N) is 4. The molecule has 0 radical (unpaired) electrons. The molecule has 8 heteroatoms. The Hall–Kier alpha value is -1.70. The number of aryl methyl sites for hydroxylation is 1. The van der Waals surface area contributed by atoms with Crippen LogP contribution in [0.4, 0.5) is 11.8 Å². The molecule has 0 aliphatic carbocycles. The second kappa shape index (κ2) is 8.60. The number of hydrogen-bond donors (Lipinski definition) is 2. The lowest BCUT2D eigenvalue weighted by Gasteiger charge is -2.12. The Morgan fingerprint density at radius 1 is 1.20 bits per heavy atom. The van der Waals surface area contributed by atoms with E-state index in [1.54, 1.807) is 0 Å². The van der Waals surface area contributed by atoms with Crippen LogP contribution in [0.1, 0.15) is 47.5 Å². The first-order valence-corrected chi connectivity index (χ1v) is 9.61. The highest BCUT2D eigenvalue weighted by Crippen LogP contribution is 2.26. The van der Waals surface area contributed by atoms with Gasteiger partial charge in [0, 0.05) is 19.0 Å². The number of unbranched alkanes of at least 4 members (excludes halogenated alkanes) is 1. The van der Waals surface area contributed by atoms with Crippen molar-refractivity contribution < 1.29 is 4.79 Å². The number of fused-ring (bicyclic) bond motifs is 1. The summed E-state index contributed by atoms with van der Waals surface area (Å²) in [5, 5.41) is 6.12. The number of rotatable bonds is 8. The summed E-state index contributed by atoms with van der Waals surface area (Å²) in [6.07, 6.45) is 2.10. The second-order valence-electron chi connectivity index (χ2n) is 6.87. The molecule has 2 N–H and O–H groups in total. The number of carbonyl (C=O) groups excluding carboxylic acids is 1. The zero-order valence-corrected chi connectivity index (χ0v) is 17.1. The van der Waals surface area contributed by atoms with Crippen LogP contribution < -0.4 is 10.6 Å². The number of carbonyl (C=O) groups is 1. The molecule has 0 unspecified atom stereocenters. The summed E-state index contributed by atoms with van der Waals surface area (Å²) in [5.41, 5.74) is 1.44. The van der Waals surface area contributed by atoms with E-state index in [9.17, 15) is 4.79 Å². The Morgan fingerprint density at radius 3 is 2.52 bits per heavy atom. The minimum Gasteiger partial charge on any atom is -0.368 e. The number of hydrogen-bond acceptors (Lipinski definition) is 5. The summed E-state index contributed by atoms with van der Waals surface area (Å²) in [5.74, 6) is 1.18. The quantitative estimate of drug-likeness (QED) is 0.641. The van der Waals surface area contributed by atoms with Crippen molar-refractivity contribution in [3.8, 4) is 0 Å². The minimum atomic E-state index is -0.136. The highest BCUT2D eigenvalue weighted by molar-refractivity contribution is 9.10. The standard InChI is InChI=1S/C17H27BrN6O/c1-6-7-8-24-14-12(20-16(24)18)13(19-9-10(2)3)21-17(22-14)23-15(25)11(4)5/h10-11H,6-9H2,1-5H3,(H2,19,21,22,23,25). The van der Waals surface area contributed by atoms with Crippen LogP contribution in [0.2, 0.25) is 0 Å². The Kier molecular flexibility index (Phi) is 6.75. The molecule has 0 fully saturated rings.